The van der Waals surface area contributed by atoms with E-state index < -0.39 is 5.97 Å². The Kier molecular flexibility index (Phi) is 5.99. The fraction of sp³-hybridized carbons (Fsp3) is 0.182. The highest BCUT2D eigenvalue weighted by molar-refractivity contribution is 9.10. The average molecular weight is 442 g/mol. The van der Waals surface area contributed by atoms with Crippen molar-refractivity contribution in [2.75, 3.05) is 18.6 Å². The van der Waals surface area contributed by atoms with E-state index in [0.29, 0.717) is 22.7 Å². The first-order valence-electron chi connectivity index (χ1n) is 8.81. The van der Waals surface area contributed by atoms with Gasteiger partial charge in [0, 0.05) is 15.9 Å². The maximum absolute atomic E-state index is 13.3. The molecule has 0 radical (unpaired) electrons. The monoisotopic (exact) mass is 441 g/mol. The number of anilines is 1. The van der Waals surface area contributed by atoms with Crippen LogP contribution in [0.25, 0.3) is 6.08 Å². The molecule has 0 saturated carbocycles. The highest BCUT2D eigenvalue weighted by atomic mass is 79.9. The lowest BCUT2D eigenvalue weighted by molar-refractivity contribution is -0.138. The first kappa shape index (κ1) is 19.9. The third kappa shape index (κ3) is 3.73. The maximum Gasteiger partial charge on any atom is 0.340 e. The van der Waals surface area contributed by atoms with Gasteiger partial charge in [-0.2, -0.15) is 0 Å². The lowest BCUT2D eigenvalue weighted by Gasteiger charge is -2.18. The minimum atomic E-state index is -0.511. The fourth-order valence-corrected chi connectivity index (χ4v) is 3.47. The molecule has 1 aliphatic rings. The molecule has 0 aliphatic carbocycles. The van der Waals surface area contributed by atoms with Crippen LogP contribution in [-0.2, 0) is 14.3 Å². The van der Waals surface area contributed by atoms with Gasteiger partial charge in [0.25, 0.3) is 5.91 Å². The van der Waals surface area contributed by atoms with E-state index in [0.717, 1.165) is 10.0 Å². The molecule has 2 aromatic carbocycles. The number of benzene rings is 2. The number of amides is 1. The molecule has 0 unspecified atom stereocenters. The van der Waals surface area contributed by atoms with Crippen molar-refractivity contribution < 1.29 is 19.1 Å². The highest BCUT2D eigenvalue weighted by Gasteiger charge is 2.38. The number of halogens is 1. The van der Waals surface area contributed by atoms with Crippen LogP contribution >= 0.6 is 15.9 Å². The number of esters is 1. The molecule has 2 aromatic rings. The van der Waals surface area contributed by atoms with Crippen LogP contribution in [0.2, 0.25) is 0 Å². The van der Waals surface area contributed by atoms with Crippen molar-refractivity contribution in [3.8, 4) is 5.75 Å². The van der Waals surface area contributed by atoms with E-state index in [1.54, 1.807) is 51.3 Å². The predicted molar refractivity (Wildman–Crippen MR) is 112 cm³/mol. The molecule has 0 aromatic heterocycles. The summed E-state index contributed by atoms with van der Waals surface area (Å²) in [5.41, 5.74) is 2.57. The van der Waals surface area contributed by atoms with E-state index in [4.69, 9.17) is 9.47 Å². The molecule has 1 aliphatic heterocycles. The van der Waals surface area contributed by atoms with Gasteiger partial charge in [-0.15, -0.1) is 0 Å². The van der Waals surface area contributed by atoms with Crippen LogP contribution in [0.15, 0.2) is 69.8 Å². The first-order valence-corrected chi connectivity index (χ1v) is 9.60. The molecule has 144 valence electrons. The summed E-state index contributed by atoms with van der Waals surface area (Å²) in [6, 6.07) is 14.6. The van der Waals surface area contributed by atoms with Gasteiger partial charge in [0.1, 0.15) is 5.75 Å². The van der Waals surface area contributed by atoms with Crippen LogP contribution < -0.4 is 9.64 Å². The van der Waals surface area contributed by atoms with E-state index in [-0.39, 0.29) is 18.1 Å². The van der Waals surface area contributed by atoms with Crippen LogP contribution in [-0.4, -0.2) is 25.6 Å². The minimum Gasteiger partial charge on any atom is -0.497 e. The Labute approximate surface area is 172 Å². The van der Waals surface area contributed by atoms with Crippen LogP contribution in [0.5, 0.6) is 5.75 Å². The second kappa shape index (κ2) is 8.44. The van der Waals surface area contributed by atoms with Crippen LogP contribution in [0, 0.1) is 0 Å². The van der Waals surface area contributed by atoms with E-state index in [1.807, 2.05) is 24.3 Å². The van der Waals surface area contributed by atoms with Gasteiger partial charge in [-0.05, 0) is 55.8 Å². The average Bonchev–Trinajstić information content (AvgIpc) is 2.94. The molecule has 1 heterocycles. The molecule has 6 heteroatoms. The Bertz CT molecular complexity index is 976. The Balaban J connectivity index is 2.12. The van der Waals surface area contributed by atoms with Crippen molar-refractivity contribution in [3.63, 3.8) is 0 Å². The quantitative estimate of drug-likeness (QED) is 0.497. The summed E-state index contributed by atoms with van der Waals surface area (Å²) < 4.78 is 11.2. The highest BCUT2D eigenvalue weighted by Crippen LogP contribution is 2.36. The lowest BCUT2D eigenvalue weighted by Crippen LogP contribution is -2.24. The minimum absolute atomic E-state index is 0.231. The molecule has 0 saturated heterocycles. The molecule has 1 amide bonds. The van der Waals surface area contributed by atoms with Gasteiger partial charge >= 0.3 is 5.97 Å². The molecule has 0 spiro atoms. The van der Waals surface area contributed by atoms with E-state index in [2.05, 4.69) is 15.9 Å². The van der Waals surface area contributed by atoms with E-state index in [1.165, 1.54) is 4.90 Å². The number of allylic oxidation sites excluding steroid dienone is 1. The van der Waals surface area contributed by atoms with Gasteiger partial charge in [-0.1, -0.05) is 34.1 Å². The van der Waals surface area contributed by atoms with Crippen LogP contribution in [0.1, 0.15) is 19.4 Å². The van der Waals surface area contributed by atoms with Gasteiger partial charge in [0.15, 0.2) is 0 Å². The Morgan fingerprint density at radius 3 is 2.43 bits per heavy atom. The third-order valence-corrected chi connectivity index (χ3v) is 5.14. The van der Waals surface area contributed by atoms with Gasteiger partial charge in [0.2, 0.25) is 0 Å². The van der Waals surface area contributed by atoms with Crippen molar-refractivity contribution in [1.82, 2.24) is 0 Å². The molecule has 5 nitrogen and oxygen atoms in total. The molecule has 0 atom stereocenters. The van der Waals surface area contributed by atoms with E-state index >= 15 is 0 Å². The van der Waals surface area contributed by atoms with Gasteiger partial charge in [0.05, 0.1) is 24.9 Å². The number of hydrogen-bond acceptors (Lipinski definition) is 4. The van der Waals surface area contributed by atoms with E-state index in [9.17, 15) is 9.59 Å². The van der Waals surface area contributed by atoms with Crippen molar-refractivity contribution in [2.24, 2.45) is 0 Å². The summed E-state index contributed by atoms with van der Waals surface area (Å²) >= 11 is 3.49. The zero-order valence-electron chi connectivity index (χ0n) is 15.9. The zero-order chi connectivity index (χ0) is 20.3. The molecule has 0 bridgehead atoms. The number of methoxy groups -OCH3 is 1. The summed E-state index contributed by atoms with van der Waals surface area (Å²) in [5, 5.41) is 0. The number of nitrogens with zero attached hydrogens (tertiary/aromatic N) is 1. The number of hydrogen-bond donors (Lipinski definition) is 0. The number of carbonyl (C=O) groups excluding carboxylic acids is 2. The summed E-state index contributed by atoms with van der Waals surface area (Å²) in [6.45, 7) is 3.72. The Morgan fingerprint density at radius 1 is 1.14 bits per heavy atom. The van der Waals surface area contributed by atoms with Crippen LogP contribution in [0.4, 0.5) is 5.69 Å². The summed E-state index contributed by atoms with van der Waals surface area (Å²) in [7, 11) is 1.58. The molecular weight excluding hydrogens is 422 g/mol. The van der Waals surface area contributed by atoms with Gasteiger partial charge < -0.3 is 9.47 Å². The van der Waals surface area contributed by atoms with Crippen molar-refractivity contribution in [2.45, 2.75) is 13.8 Å². The Morgan fingerprint density at radius 2 is 1.82 bits per heavy atom. The van der Waals surface area contributed by atoms with Gasteiger partial charge in [-0.25, -0.2) is 4.79 Å². The number of carbonyl (C=O) groups is 2. The maximum atomic E-state index is 13.3. The topological polar surface area (TPSA) is 55.8 Å². The van der Waals surface area contributed by atoms with Crippen LogP contribution in [0.3, 0.4) is 0 Å². The third-order valence-electron chi connectivity index (χ3n) is 4.42. The molecule has 0 fully saturated rings. The summed E-state index contributed by atoms with van der Waals surface area (Å²) in [6.07, 6.45) is 1.71. The summed E-state index contributed by atoms with van der Waals surface area (Å²) in [5.74, 6) is -0.101. The second-order valence-electron chi connectivity index (χ2n) is 6.10. The second-order valence-corrected chi connectivity index (χ2v) is 6.95. The van der Waals surface area contributed by atoms with Gasteiger partial charge in [-0.3, -0.25) is 9.69 Å². The molecule has 28 heavy (non-hydrogen) atoms. The normalized spacial score (nSPS) is 15.4. The van der Waals surface area contributed by atoms with Crippen molar-refractivity contribution >= 4 is 39.6 Å². The van der Waals surface area contributed by atoms with Crippen molar-refractivity contribution in [3.05, 3.63) is 75.4 Å². The largest absolute Gasteiger partial charge is 0.497 e. The molecule has 0 N–H and O–H groups in total. The number of rotatable bonds is 5. The first-order chi connectivity index (χ1) is 13.5. The zero-order valence-corrected chi connectivity index (χ0v) is 17.4. The predicted octanol–water partition coefficient (Wildman–Crippen LogP) is 4.73. The Hall–Kier alpha value is -2.86. The standard InChI is InChI=1S/C22H20BrNO4/c1-4-28-22(26)20-14(2)24(16-9-11-17(27-3)12-10-16)21(25)18(20)13-15-7-5-6-8-19(15)23/h5-13H,4H2,1-3H3/b18-13-. The lowest BCUT2D eigenvalue weighted by atomic mass is 10.0. The molecule has 3 rings (SSSR count). The smallest absolute Gasteiger partial charge is 0.340 e. The SMILES string of the molecule is CCOC(=O)C1=C(C)N(c2ccc(OC)cc2)C(=O)/C1=C\c1ccccc1Br. The number of ether oxygens (including phenoxy) is 2. The fourth-order valence-electron chi connectivity index (χ4n) is 3.07. The molecular formula is C22H20BrNO4. The van der Waals surface area contributed by atoms with Crippen molar-refractivity contribution in [1.29, 1.82) is 0 Å². The summed E-state index contributed by atoms with van der Waals surface area (Å²) in [4.78, 5) is 27.4.